The Labute approximate surface area is 78.2 Å². The molecule has 2 N–H and O–H groups in total. The maximum Gasteiger partial charge on any atom is 0.319 e. The molecule has 3 heteroatoms. The highest BCUT2D eigenvalue weighted by atomic mass is 16.2. The predicted octanol–water partition coefficient (Wildman–Crippen LogP) is 2.22. The normalized spacial score (nSPS) is 9.77. The van der Waals surface area contributed by atoms with Crippen LogP contribution in [0, 0.1) is 0 Å². The van der Waals surface area contributed by atoms with Crippen LogP contribution in [0.25, 0.3) is 0 Å². The highest BCUT2D eigenvalue weighted by Gasteiger charge is 2.01. The van der Waals surface area contributed by atoms with E-state index in [1.807, 2.05) is 44.2 Å². The first kappa shape index (κ1) is 9.58. The van der Waals surface area contributed by atoms with Crippen LogP contribution < -0.4 is 10.6 Å². The molecule has 0 atom stereocenters. The summed E-state index contributed by atoms with van der Waals surface area (Å²) < 4.78 is 0. The van der Waals surface area contributed by atoms with Gasteiger partial charge in [0.15, 0.2) is 0 Å². The summed E-state index contributed by atoms with van der Waals surface area (Å²) in [5.74, 6) is 0. The van der Waals surface area contributed by atoms with Crippen LogP contribution in [-0.2, 0) is 0 Å². The molecule has 0 unspecified atom stereocenters. The van der Waals surface area contributed by atoms with Crippen LogP contribution in [0.5, 0.6) is 0 Å². The number of hydrogen-bond acceptors (Lipinski definition) is 1. The zero-order chi connectivity index (χ0) is 9.68. The van der Waals surface area contributed by atoms with Crippen LogP contribution in [0.2, 0.25) is 0 Å². The lowest BCUT2D eigenvalue weighted by atomic mass is 10.3. The lowest BCUT2D eigenvalue weighted by Crippen LogP contribution is -2.34. The summed E-state index contributed by atoms with van der Waals surface area (Å²) in [6.45, 7) is 3.84. The average molecular weight is 178 g/mol. The Morgan fingerprint density at radius 1 is 1.23 bits per heavy atom. The largest absolute Gasteiger partial charge is 0.336 e. The fraction of sp³-hybridized carbons (Fsp3) is 0.300. The topological polar surface area (TPSA) is 41.1 Å². The van der Waals surface area contributed by atoms with Crippen molar-refractivity contribution in [1.82, 2.24) is 5.32 Å². The van der Waals surface area contributed by atoms with E-state index in [-0.39, 0.29) is 12.1 Å². The van der Waals surface area contributed by atoms with Crippen LogP contribution in [0.4, 0.5) is 10.5 Å². The molecule has 0 aliphatic rings. The van der Waals surface area contributed by atoms with Crippen LogP contribution >= 0.6 is 0 Å². The number of anilines is 1. The molecule has 0 heterocycles. The molecule has 0 saturated heterocycles. The molecule has 0 saturated carbocycles. The number of nitrogens with one attached hydrogen (secondary N) is 2. The summed E-state index contributed by atoms with van der Waals surface area (Å²) in [6, 6.07) is 9.35. The summed E-state index contributed by atoms with van der Waals surface area (Å²) in [5.41, 5.74) is 0.806. The van der Waals surface area contributed by atoms with Crippen molar-refractivity contribution in [3.8, 4) is 0 Å². The van der Waals surface area contributed by atoms with Crippen LogP contribution in [-0.4, -0.2) is 12.1 Å². The van der Waals surface area contributed by atoms with Crippen molar-refractivity contribution in [1.29, 1.82) is 0 Å². The van der Waals surface area contributed by atoms with Crippen molar-refractivity contribution < 1.29 is 4.79 Å². The van der Waals surface area contributed by atoms with E-state index >= 15 is 0 Å². The summed E-state index contributed by atoms with van der Waals surface area (Å²) in [7, 11) is 0. The number of benzene rings is 1. The average Bonchev–Trinajstić information content (AvgIpc) is 2.04. The molecule has 0 aliphatic heterocycles. The summed E-state index contributed by atoms with van der Waals surface area (Å²) in [6.07, 6.45) is 0. The number of urea groups is 1. The number of para-hydroxylation sites is 1. The smallest absolute Gasteiger partial charge is 0.319 e. The molecule has 0 aromatic heterocycles. The molecule has 0 bridgehead atoms. The molecule has 1 aromatic carbocycles. The minimum Gasteiger partial charge on any atom is -0.336 e. The van der Waals surface area contributed by atoms with Crippen molar-refractivity contribution in [3.05, 3.63) is 30.3 Å². The van der Waals surface area contributed by atoms with Gasteiger partial charge in [0.2, 0.25) is 0 Å². The SMILES string of the molecule is CC(C)NC(=O)Nc1ccccc1. The van der Waals surface area contributed by atoms with Gasteiger partial charge < -0.3 is 10.6 Å². The van der Waals surface area contributed by atoms with Crippen molar-refractivity contribution >= 4 is 11.7 Å². The van der Waals surface area contributed by atoms with E-state index in [9.17, 15) is 4.79 Å². The molecular formula is C10H14N2O. The van der Waals surface area contributed by atoms with E-state index in [1.54, 1.807) is 0 Å². The molecule has 0 fully saturated rings. The van der Waals surface area contributed by atoms with Crippen LogP contribution in [0.3, 0.4) is 0 Å². The molecule has 2 amide bonds. The zero-order valence-electron chi connectivity index (χ0n) is 7.87. The Kier molecular flexibility index (Phi) is 3.31. The third-order valence-corrected chi connectivity index (χ3v) is 1.45. The van der Waals surface area contributed by atoms with Crippen LogP contribution in [0.1, 0.15) is 13.8 Å². The standard InChI is InChI=1S/C10H14N2O/c1-8(2)11-10(13)12-9-6-4-3-5-7-9/h3-8H,1-2H3,(H2,11,12,13). The summed E-state index contributed by atoms with van der Waals surface area (Å²) in [5, 5.41) is 5.46. The molecule has 1 aromatic rings. The Balaban J connectivity index is 2.46. The van der Waals surface area contributed by atoms with Crippen molar-refractivity contribution in [3.63, 3.8) is 0 Å². The van der Waals surface area contributed by atoms with Gasteiger partial charge in [-0.2, -0.15) is 0 Å². The molecule has 70 valence electrons. The fourth-order valence-corrected chi connectivity index (χ4v) is 0.951. The number of rotatable bonds is 2. The lowest BCUT2D eigenvalue weighted by molar-refractivity contribution is 0.250. The molecule has 3 nitrogen and oxygen atoms in total. The van der Waals surface area contributed by atoms with E-state index in [1.165, 1.54) is 0 Å². The third kappa shape index (κ3) is 3.60. The first-order chi connectivity index (χ1) is 6.18. The molecule has 13 heavy (non-hydrogen) atoms. The fourth-order valence-electron chi connectivity index (χ4n) is 0.951. The Hall–Kier alpha value is -1.51. The molecule has 1 rings (SSSR count). The van der Waals surface area contributed by atoms with Gasteiger partial charge in [-0.1, -0.05) is 18.2 Å². The van der Waals surface area contributed by atoms with Gasteiger partial charge in [0.05, 0.1) is 0 Å². The second kappa shape index (κ2) is 4.50. The van der Waals surface area contributed by atoms with E-state index in [4.69, 9.17) is 0 Å². The van der Waals surface area contributed by atoms with E-state index in [0.717, 1.165) is 5.69 Å². The van der Waals surface area contributed by atoms with Gasteiger partial charge >= 0.3 is 6.03 Å². The Morgan fingerprint density at radius 3 is 2.38 bits per heavy atom. The highest BCUT2D eigenvalue weighted by molar-refractivity contribution is 5.89. The van der Waals surface area contributed by atoms with E-state index in [0.29, 0.717) is 0 Å². The second-order valence-corrected chi connectivity index (χ2v) is 3.12. The Bertz CT molecular complexity index is 270. The number of hydrogen-bond donors (Lipinski definition) is 2. The molecule has 0 aliphatic carbocycles. The highest BCUT2D eigenvalue weighted by Crippen LogP contribution is 2.04. The van der Waals surface area contributed by atoms with Gasteiger partial charge in [-0.25, -0.2) is 4.79 Å². The van der Waals surface area contributed by atoms with Gasteiger partial charge in [0.25, 0.3) is 0 Å². The quantitative estimate of drug-likeness (QED) is 0.716. The minimum absolute atomic E-state index is 0.156. The zero-order valence-corrected chi connectivity index (χ0v) is 7.87. The number of amides is 2. The van der Waals surface area contributed by atoms with Gasteiger partial charge in [-0.05, 0) is 26.0 Å². The molecule has 0 radical (unpaired) electrons. The lowest BCUT2D eigenvalue weighted by Gasteiger charge is -2.09. The Morgan fingerprint density at radius 2 is 1.85 bits per heavy atom. The first-order valence-electron chi connectivity index (χ1n) is 4.31. The number of carbonyl (C=O) groups excluding carboxylic acids is 1. The summed E-state index contributed by atoms with van der Waals surface area (Å²) in [4.78, 5) is 11.2. The summed E-state index contributed by atoms with van der Waals surface area (Å²) >= 11 is 0. The second-order valence-electron chi connectivity index (χ2n) is 3.12. The van der Waals surface area contributed by atoms with E-state index < -0.39 is 0 Å². The predicted molar refractivity (Wildman–Crippen MR) is 53.7 cm³/mol. The van der Waals surface area contributed by atoms with Gasteiger partial charge in [-0.15, -0.1) is 0 Å². The van der Waals surface area contributed by atoms with Crippen molar-refractivity contribution in [2.75, 3.05) is 5.32 Å². The minimum atomic E-state index is -0.166. The van der Waals surface area contributed by atoms with Crippen molar-refractivity contribution in [2.45, 2.75) is 19.9 Å². The van der Waals surface area contributed by atoms with Crippen molar-refractivity contribution in [2.24, 2.45) is 0 Å². The van der Waals surface area contributed by atoms with Gasteiger partial charge in [0.1, 0.15) is 0 Å². The third-order valence-electron chi connectivity index (χ3n) is 1.45. The first-order valence-corrected chi connectivity index (χ1v) is 4.31. The van der Waals surface area contributed by atoms with Crippen LogP contribution in [0.15, 0.2) is 30.3 Å². The van der Waals surface area contributed by atoms with Gasteiger partial charge in [0, 0.05) is 11.7 Å². The maximum atomic E-state index is 11.2. The molecular weight excluding hydrogens is 164 g/mol. The van der Waals surface area contributed by atoms with E-state index in [2.05, 4.69) is 10.6 Å². The molecule has 0 spiro atoms. The maximum absolute atomic E-state index is 11.2. The number of carbonyl (C=O) groups is 1. The monoisotopic (exact) mass is 178 g/mol. The van der Waals surface area contributed by atoms with Gasteiger partial charge in [-0.3, -0.25) is 0 Å².